The van der Waals surface area contributed by atoms with Crippen LogP contribution in [0.3, 0.4) is 0 Å². The van der Waals surface area contributed by atoms with Gasteiger partial charge >= 0.3 is 0 Å². The summed E-state index contributed by atoms with van der Waals surface area (Å²) in [6.07, 6.45) is 7.68. The van der Waals surface area contributed by atoms with Crippen molar-refractivity contribution in [3.8, 4) is 0 Å². The van der Waals surface area contributed by atoms with Crippen molar-refractivity contribution in [3.63, 3.8) is 0 Å². The standard InChI is InChI=1S/C14H26N/c1-14(2,3)15(4)12-6-10-5-11(8-12)9-13(15)7-10/h10-13H,5-9H2,1-4H3/q+1. The zero-order chi connectivity index (χ0) is 10.8. The molecule has 4 bridgehead atoms. The van der Waals surface area contributed by atoms with Gasteiger partial charge < -0.3 is 4.48 Å². The van der Waals surface area contributed by atoms with E-state index in [1.54, 1.807) is 6.42 Å². The molecule has 0 aromatic carbocycles. The normalized spacial score (nSPS) is 53.6. The summed E-state index contributed by atoms with van der Waals surface area (Å²) in [5, 5.41) is 0. The van der Waals surface area contributed by atoms with Crippen molar-refractivity contribution in [1.29, 1.82) is 0 Å². The molecular formula is C14H26N+. The summed E-state index contributed by atoms with van der Waals surface area (Å²) in [6.45, 7) is 7.36. The first-order valence-electron chi connectivity index (χ1n) is 6.77. The highest BCUT2D eigenvalue weighted by atomic mass is 15.4. The molecule has 0 spiro atoms. The zero-order valence-electron chi connectivity index (χ0n) is 10.8. The van der Waals surface area contributed by atoms with Gasteiger partial charge in [0.2, 0.25) is 0 Å². The summed E-state index contributed by atoms with van der Waals surface area (Å²) < 4.78 is 1.38. The third-order valence-corrected chi connectivity index (χ3v) is 6.05. The molecule has 0 amide bonds. The van der Waals surface area contributed by atoms with Gasteiger partial charge in [-0.1, -0.05) is 0 Å². The van der Waals surface area contributed by atoms with Gasteiger partial charge in [-0.25, -0.2) is 0 Å². The molecule has 0 aromatic heterocycles. The van der Waals surface area contributed by atoms with Crippen molar-refractivity contribution in [1.82, 2.24) is 0 Å². The molecule has 1 heteroatoms. The van der Waals surface area contributed by atoms with Gasteiger partial charge in [0.25, 0.3) is 0 Å². The predicted octanol–water partition coefficient (Wildman–Crippen LogP) is 3.19. The summed E-state index contributed by atoms with van der Waals surface area (Å²) >= 11 is 0. The van der Waals surface area contributed by atoms with Gasteiger partial charge in [0.1, 0.15) is 0 Å². The molecule has 1 nitrogen and oxygen atoms in total. The Balaban J connectivity index is 1.98. The maximum absolute atomic E-state index is 2.55. The molecular weight excluding hydrogens is 182 g/mol. The number of nitrogens with zero attached hydrogens (tertiary/aromatic N) is 1. The number of quaternary nitrogens is 1. The second-order valence-corrected chi connectivity index (χ2v) is 7.54. The largest absolute Gasteiger partial charge is 0.317 e. The summed E-state index contributed by atoms with van der Waals surface area (Å²) in [7, 11) is 2.55. The van der Waals surface area contributed by atoms with Crippen LogP contribution >= 0.6 is 0 Å². The number of rotatable bonds is 0. The SMILES string of the molecule is CC(C)(C)[N+]1(C)C2CC3CC(C2)CC1C3. The van der Waals surface area contributed by atoms with E-state index >= 15 is 0 Å². The van der Waals surface area contributed by atoms with Gasteiger partial charge in [-0.2, -0.15) is 0 Å². The van der Waals surface area contributed by atoms with Crippen molar-refractivity contribution in [2.45, 2.75) is 70.5 Å². The lowest BCUT2D eigenvalue weighted by Crippen LogP contribution is -2.74. The van der Waals surface area contributed by atoms with E-state index in [4.69, 9.17) is 0 Å². The van der Waals surface area contributed by atoms with Crippen LogP contribution in [0.2, 0.25) is 0 Å². The van der Waals surface area contributed by atoms with Crippen LogP contribution in [0, 0.1) is 11.8 Å². The van der Waals surface area contributed by atoms with Crippen molar-refractivity contribution < 1.29 is 4.48 Å². The molecule has 2 saturated carbocycles. The quantitative estimate of drug-likeness (QED) is 0.536. The molecule has 2 aliphatic heterocycles. The highest BCUT2D eigenvalue weighted by molar-refractivity contribution is 4.95. The van der Waals surface area contributed by atoms with Crippen LogP contribution in [0.4, 0.5) is 0 Å². The van der Waals surface area contributed by atoms with Gasteiger partial charge in [0.15, 0.2) is 0 Å². The minimum Gasteiger partial charge on any atom is -0.317 e. The summed E-state index contributed by atoms with van der Waals surface area (Å²) in [4.78, 5) is 0. The van der Waals surface area contributed by atoms with E-state index in [2.05, 4.69) is 27.8 Å². The van der Waals surface area contributed by atoms with Gasteiger partial charge in [0.05, 0.1) is 24.7 Å². The first kappa shape index (κ1) is 10.1. The Morgan fingerprint density at radius 3 is 1.53 bits per heavy atom. The summed E-state index contributed by atoms with van der Waals surface area (Å²) in [5.74, 6) is 2.20. The molecule has 0 N–H and O–H groups in total. The molecule has 0 unspecified atom stereocenters. The Morgan fingerprint density at radius 1 is 0.800 bits per heavy atom. The third kappa shape index (κ3) is 1.19. The van der Waals surface area contributed by atoms with Crippen LogP contribution in [0.5, 0.6) is 0 Å². The maximum atomic E-state index is 2.55. The lowest BCUT2D eigenvalue weighted by molar-refractivity contribution is -1.01. The molecule has 4 rings (SSSR count). The van der Waals surface area contributed by atoms with E-state index in [1.807, 2.05) is 0 Å². The minimum atomic E-state index is 0.447. The monoisotopic (exact) mass is 208 g/mol. The fourth-order valence-corrected chi connectivity index (χ4v) is 5.05. The van der Waals surface area contributed by atoms with Crippen molar-refractivity contribution in [3.05, 3.63) is 0 Å². The maximum Gasteiger partial charge on any atom is 0.0909 e. The predicted molar refractivity (Wildman–Crippen MR) is 63.6 cm³/mol. The fraction of sp³-hybridized carbons (Fsp3) is 1.00. The lowest BCUT2D eigenvalue weighted by atomic mass is 9.61. The highest BCUT2D eigenvalue weighted by Crippen LogP contribution is 2.54. The van der Waals surface area contributed by atoms with E-state index in [0.717, 1.165) is 23.9 Å². The smallest absolute Gasteiger partial charge is 0.0909 e. The number of hydrogen-bond acceptors (Lipinski definition) is 0. The third-order valence-electron chi connectivity index (χ3n) is 6.05. The molecule has 86 valence electrons. The molecule has 0 atom stereocenters. The number of hydrogen-bond donors (Lipinski definition) is 0. The molecule has 0 aromatic rings. The number of piperidine rings is 2. The highest BCUT2D eigenvalue weighted by Gasteiger charge is 2.59. The topological polar surface area (TPSA) is 0 Å². The van der Waals surface area contributed by atoms with Crippen LogP contribution in [-0.2, 0) is 0 Å². The lowest BCUT2D eigenvalue weighted by Gasteiger charge is -2.65. The van der Waals surface area contributed by atoms with Gasteiger partial charge in [-0.3, -0.25) is 0 Å². The van der Waals surface area contributed by atoms with Crippen LogP contribution in [0.1, 0.15) is 52.9 Å². The van der Waals surface area contributed by atoms with Gasteiger partial charge in [-0.05, 0) is 39.0 Å². The van der Waals surface area contributed by atoms with Gasteiger partial charge in [0, 0.05) is 25.7 Å². The first-order valence-corrected chi connectivity index (χ1v) is 6.77. The van der Waals surface area contributed by atoms with Crippen LogP contribution in [0.25, 0.3) is 0 Å². The Hall–Kier alpha value is -0.0400. The van der Waals surface area contributed by atoms with E-state index in [-0.39, 0.29) is 0 Å². The average molecular weight is 208 g/mol. The van der Waals surface area contributed by atoms with E-state index < -0.39 is 0 Å². The fourth-order valence-electron chi connectivity index (χ4n) is 5.05. The van der Waals surface area contributed by atoms with Crippen molar-refractivity contribution in [2.24, 2.45) is 11.8 Å². The first-order chi connectivity index (χ1) is 6.91. The summed E-state index contributed by atoms with van der Waals surface area (Å²) in [6, 6.07) is 1.97. The van der Waals surface area contributed by atoms with E-state index in [1.165, 1.54) is 30.2 Å². The Labute approximate surface area is 94.4 Å². The molecule has 2 aliphatic carbocycles. The van der Waals surface area contributed by atoms with Crippen molar-refractivity contribution >= 4 is 0 Å². The van der Waals surface area contributed by atoms with Crippen LogP contribution in [0.15, 0.2) is 0 Å². The van der Waals surface area contributed by atoms with Gasteiger partial charge in [-0.15, -0.1) is 0 Å². The van der Waals surface area contributed by atoms with E-state index in [0.29, 0.717) is 5.54 Å². The summed E-state index contributed by atoms with van der Waals surface area (Å²) in [5.41, 5.74) is 0.447. The molecule has 2 saturated heterocycles. The zero-order valence-corrected chi connectivity index (χ0v) is 10.8. The molecule has 4 fully saturated rings. The molecule has 4 aliphatic rings. The average Bonchev–Trinajstić information content (AvgIpc) is 2.10. The minimum absolute atomic E-state index is 0.447. The molecule has 15 heavy (non-hydrogen) atoms. The molecule has 0 radical (unpaired) electrons. The van der Waals surface area contributed by atoms with Crippen molar-refractivity contribution in [2.75, 3.05) is 7.05 Å². The Bertz CT molecular complexity index is 246. The molecule has 2 heterocycles. The Morgan fingerprint density at radius 2 is 1.20 bits per heavy atom. The second-order valence-electron chi connectivity index (χ2n) is 7.54. The second kappa shape index (κ2) is 2.80. The van der Waals surface area contributed by atoms with Crippen LogP contribution < -0.4 is 0 Å². The van der Waals surface area contributed by atoms with E-state index in [9.17, 15) is 0 Å². The van der Waals surface area contributed by atoms with Crippen LogP contribution in [-0.4, -0.2) is 29.2 Å². The Kier molecular flexibility index (Phi) is 1.89.